The highest BCUT2D eigenvalue weighted by molar-refractivity contribution is 5.94. The average molecular weight is 871 g/mol. The lowest BCUT2D eigenvalue weighted by molar-refractivity contribution is 0.142. The van der Waals surface area contributed by atoms with Crippen LogP contribution in [0.4, 0.5) is 29.7 Å². The molecule has 4 aliphatic carbocycles. The summed E-state index contributed by atoms with van der Waals surface area (Å²) in [5.74, 6) is 0.914. The second kappa shape index (κ2) is 13.5. The molecule has 8 atom stereocenters. The van der Waals surface area contributed by atoms with Crippen molar-refractivity contribution in [3.8, 4) is 23.0 Å². The number of anilines is 2. The standard InChI is InChI=1S/C22H23FN4O5.C21H21FN4O5/c1-24-22-4-3-11(6-22)13-7-26(8-14(13)22)18-15(23)5-12-17-20(18)31-10-25(2)27(17)9-16(19(12)28)32-21(29)30;1-24-9-30-19-16-11(18(27)15(8-26(16)24)31-20(28)29)4-14(22)17(19)25-6-12-10-2-3-21(23,5-10)13(12)7-25/h3-5,9,11,13-14,24H,6-8,10H2,1-2H3,(H,29,30);2-4,8,10,12-13H,5-7,9,23H2,1H3,(H,28,29). The largest absolute Gasteiger partial charge is 0.511 e. The molecule has 20 heteroatoms. The van der Waals surface area contributed by atoms with Gasteiger partial charge >= 0.3 is 12.3 Å². The maximum Gasteiger partial charge on any atom is 0.511 e. The Kier molecular flexibility index (Phi) is 8.41. The molecule has 18 nitrogen and oxygen atoms in total. The molecule has 2 saturated carbocycles. The summed E-state index contributed by atoms with van der Waals surface area (Å²) in [6.45, 7) is 2.88. The van der Waals surface area contributed by atoms with Crippen molar-refractivity contribution in [2.24, 2.45) is 41.2 Å². The number of carbonyl (C=O) groups is 2. The maximum atomic E-state index is 15.5. The van der Waals surface area contributed by atoms with E-state index in [4.69, 9.17) is 25.4 Å². The summed E-state index contributed by atoms with van der Waals surface area (Å²) in [6, 6.07) is 2.31. The molecule has 2 aromatic heterocycles. The summed E-state index contributed by atoms with van der Waals surface area (Å²) in [4.78, 5) is 51.7. The second-order valence-electron chi connectivity index (χ2n) is 18.0. The van der Waals surface area contributed by atoms with Crippen LogP contribution in [0.2, 0.25) is 0 Å². The number of benzene rings is 2. The number of hydrogen-bond donors (Lipinski definition) is 4. The lowest BCUT2D eigenvalue weighted by Gasteiger charge is -2.34. The number of hydrogen-bond acceptors (Lipinski definition) is 14. The van der Waals surface area contributed by atoms with Gasteiger partial charge in [0.15, 0.2) is 36.6 Å². The molecule has 2 aromatic carbocycles. The fraction of sp³-hybridized carbons (Fsp3) is 0.442. The van der Waals surface area contributed by atoms with E-state index in [1.54, 1.807) is 33.5 Å². The lowest BCUT2D eigenvalue weighted by Crippen LogP contribution is -2.46. The van der Waals surface area contributed by atoms with Crippen molar-refractivity contribution in [1.29, 1.82) is 0 Å². The Morgan fingerprint density at radius 2 is 1.24 bits per heavy atom. The normalized spacial score (nSPS) is 29.8. The van der Waals surface area contributed by atoms with Crippen molar-refractivity contribution >= 4 is 45.5 Å². The first-order valence-electron chi connectivity index (χ1n) is 20.8. The predicted molar refractivity (Wildman–Crippen MR) is 224 cm³/mol. The van der Waals surface area contributed by atoms with Crippen molar-refractivity contribution in [3.63, 3.8) is 0 Å². The number of carboxylic acid groups (broad SMARTS) is 2. The van der Waals surface area contributed by atoms with E-state index in [0.717, 1.165) is 18.9 Å². The van der Waals surface area contributed by atoms with Crippen LogP contribution in [0.15, 0.2) is 58.4 Å². The molecular weight excluding hydrogens is 827 g/mol. The zero-order chi connectivity index (χ0) is 44.0. The number of fused-ring (bicyclic) bond motifs is 10. The van der Waals surface area contributed by atoms with Crippen molar-refractivity contribution in [3.05, 3.63) is 80.9 Å². The van der Waals surface area contributed by atoms with Gasteiger partial charge in [-0.1, -0.05) is 24.3 Å². The van der Waals surface area contributed by atoms with E-state index in [1.165, 1.54) is 18.5 Å². The van der Waals surface area contributed by atoms with Crippen molar-refractivity contribution in [1.82, 2.24) is 14.7 Å². The van der Waals surface area contributed by atoms with E-state index < -0.39 is 40.6 Å². The third-order valence-electron chi connectivity index (χ3n) is 14.9. The highest BCUT2D eigenvalue weighted by Crippen LogP contribution is 2.57. The molecule has 0 spiro atoms. The molecule has 12 rings (SSSR count). The van der Waals surface area contributed by atoms with Gasteiger partial charge in [0.05, 0.1) is 23.2 Å². The van der Waals surface area contributed by atoms with Crippen LogP contribution in [0.25, 0.3) is 21.8 Å². The highest BCUT2D eigenvalue weighted by Gasteiger charge is 2.59. The van der Waals surface area contributed by atoms with Gasteiger partial charge in [0.2, 0.25) is 22.4 Å². The Balaban J connectivity index is 0.000000141. The molecule has 8 unspecified atom stereocenters. The van der Waals surface area contributed by atoms with E-state index in [9.17, 15) is 19.2 Å². The number of nitrogens with zero attached hydrogens (tertiary/aromatic N) is 6. The highest BCUT2D eigenvalue weighted by atomic mass is 19.1. The van der Waals surface area contributed by atoms with Crippen LogP contribution >= 0.6 is 0 Å². The van der Waals surface area contributed by atoms with Crippen molar-refractivity contribution in [2.45, 2.75) is 23.9 Å². The molecule has 2 saturated heterocycles. The second-order valence-corrected chi connectivity index (χ2v) is 18.0. The van der Waals surface area contributed by atoms with E-state index in [-0.39, 0.29) is 52.7 Å². The van der Waals surface area contributed by atoms with Crippen molar-refractivity contribution in [2.75, 3.05) is 80.6 Å². The monoisotopic (exact) mass is 870 g/mol. The molecule has 5 N–H and O–H groups in total. The topological polar surface area (TPSA) is 207 Å². The minimum atomic E-state index is -1.61. The Labute approximate surface area is 356 Å². The number of nitrogens with two attached hydrogens (primary N) is 1. The maximum absolute atomic E-state index is 15.5. The van der Waals surface area contributed by atoms with Gasteiger partial charge < -0.3 is 50.0 Å². The Morgan fingerprint density at radius 1 is 0.762 bits per heavy atom. The first-order chi connectivity index (χ1) is 30.1. The molecule has 6 heterocycles. The molecule has 0 amide bonds. The van der Waals surface area contributed by atoms with Crippen LogP contribution in [-0.4, -0.2) is 104 Å². The SMILES string of the molecule is CN1COc2c(N3CC4C5C=CC(N)(C5)C4C3)c(F)cc3c(=O)c(OC(=O)O)cn1c23.CNC12C=CC(C1)C1CN(c3c(F)cc4c(=O)c(OC(=O)O)cn5c4c3OCN5C)CC12. The summed E-state index contributed by atoms with van der Waals surface area (Å²) in [5.41, 5.74) is 6.25. The first kappa shape index (κ1) is 39.3. The molecular formula is C43H44F2N8O10. The minimum absolute atomic E-state index is 0.00188. The summed E-state index contributed by atoms with van der Waals surface area (Å²) >= 11 is 0. The summed E-state index contributed by atoms with van der Waals surface area (Å²) in [7, 11) is 5.41. The fourth-order valence-corrected chi connectivity index (χ4v) is 12.1. The number of allylic oxidation sites excluding steroid dienone is 2. The third-order valence-corrected chi connectivity index (χ3v) is 14.9. The van der Waals surface area contributed by atoms with Crippen LogP contribution in [0.1, 0.15) is 12.8 Å². The van der Waals surface area contributed by atoms with Gasteiger partial charge in [0.25, 0.3) is 0 Å². The average Bonchev–Trinajstić information content (AvgIpc) is 4.09. The molecule has 330 valence electrons. The van der Waals surface area contributed by atoms with E-state index in [0.29, 0.717) is 83.9 Å². The smallest absolute Gasteiger partial charge is 0.467 e. The van der Waals surface area contributed by atoms with Gasteiger partial charge in [-0.25, -0.2) is 18.4 Å². The number of halogens is 2. The van der Waals surface area contributed by atoms with E-state index in [2.05, 4.69) is 39.1 Å². The zero-order valence-corrected chi connectivity index (χ0v) is 34.4. The number of aromatic nitrogens is 2. The number of likely N-dealkylation sites (N-methyl/N-ethyl adjacent to an activating group) is 1. The lowest BCUT2D eigenvalue weighted by atomic mass is 9.82. The van der Waals surface area contributed by atoms with Crippen molar-refractivity contribution < 1.29 is 47.5 Å². The molecule has 4 bridgehead atoms. The molecule has 4 aromatic rings. The summed E-state index contributed by atoms with van der Waals surface area (Å²) in [5, 5.41) is 24.7. The quantitative estimate of drug-likeness (QED) is 0.168. The molecule has 0 radical (unpaired) electrons. The Morgan fingerprint density at radius 3 is 1.73 bits per heavy atom. The van der Waals surface area contributed by atoms with Gasteiger partial charge in [-0.3, -0.25) is 29.0 Å². The predicted octanol–water partition coefficient (Wildman–Crippen LogP) is 3.17. The number of nitrogens with one attached hydrogen (secondary N) is 1. The summed E-state index contributed by atoms with van der Waals surface area (Å²) < 4.78 is 55.3. The van der Waals surface area contributed by atoms with Crippen LogP contribution in [-0.2, 0) is 0 Å². The van der Waals surface area contributed by atoms with Gasteiger partial charge in [-0.15, -0.1) is 0 Å². The molecule has 4 fully saturated rings. The zero-order valence-electron chi connectivity index (χ0n) is 34.4. The molecule has 8 aliphatic rings. The van der Waals surface area contributed by atoms with Crippen LogP contribution in [0, 0.1) is 47.1 Å². The molecule has 4 aliphatic heterocycles. The van der Waals surface area contributed by atoms with Crippen LogP contribution < -0.4 is 60.7 Å². The van der Waals surface area contributed by atoms with Gasteiger partial charge in [-0.05, 0) is 55.7 Å². The Hall–Kier alpha value is -6.54. The third kappa shape index (κ3) is 5.59. The van der Waals surface area contributed by atoms with Gasteiger partial charge in [0.1, 0.15) is 22.4 Å². The van der Waals surface area contributed by atoms with Crippen LogP contribution in [0.5, 0.6) is 23.0 Å². The van der Waals surface area contributed by atoms with Gasteiger partial charge in [0, 0.05) is 63.2 Å². The Bertz CT molecular complexity index is 2890. The fourth-order valence-electron chi connectivity index (χ4n) is 12.1. The summed E-state index contributed by atoms with van der Waals surface area (Å²) in [6.07, 6.45) is 10.2. The number of pyridine rings is 2. The number of rotatable bonds is 5. The van der Waals surface area contributed by atoms with Gasteiger partial charge in [-0.2, -0.15) is 0 Å². The minimum Gasteiger partial charge on any atom is -0.467 e. The van der Waals surface area contributed by atoms with E-state index >= 15 is 8.78 Å². The van der Waals surface area contributed by atoms with E-state index in [1.807, 2.05) is 16.8 Å². The van der Waals surface area contributed by atoms with Crippen LogP contribution in [0.3, 0.4) is 0 Å². The molecule has 63 heavy (non-hydrogen) atoms. The number of ether oxygens (including phenoxy) is 4. The first-order valence-corrected chi connectivity index (χ1v) is 20.8.